The maximum atomic E-state index is 11.4. The van der Waals surface area contributed by atoms with Crippen LogP contribution in [0, 0.1) is 13.8 Å². The molecule has 0 aliphatic carbocycles. The fourth-order valence-electron chi connectivity index (χ4n) is 1.90. The summed E-state index contributed by atoms with van der Waals surface area (Å²) < 4.78 is 32.1. The second-order valence-electron chi connectivity index (χ2n) is 3.90. The average molecular weight is 252 g/mol. The molecule has 0 unspecified atom stereocenters. The number of aryl methyl sites for hydroxylation is 2. The lowest BCUT2D eigenvalue weighted by atomic mass is 10.1. The van der Waals surface area contributed by atoms with Crippen molar-refractivity contribution < 1.29 is 13.0 Å². The van der Waals surface area contributed by atoms with E-state index in [1.165, 1.54) is 6.20 Å². The van der Waals surface area contributed by atoms with Crippen LogP contribution in [-0.2, 0) is 10.1 Å². The Hall–Kier alpha value is -1.66. The highest BCUT2D eigenvalue weighted by Gasteiger charge is 2.20. The molecule has 2 rings (SSSR count). The van der Waals surface area contributed by atoms with Crippen LogP contribution in [0.3, 0.4) is 0 Å². The summed E-state index contributed by atoms with van der Waals surface area (Å²) in [6.45, 7) is 3.51. The van der Waals surface area contributed by atoms with Gasteiger partial charge in [-0.2, -0.15) is 13.5 Å². The first-order valence-electron chi connectivity index (χ1n) is 4.98. The van der Waals surface area contributed by atoms with Crippen molar-refractivity contribution in [2.45, 2.75) is 18.7 Å². The first-order chi connectivity index (χ1) is 7.89. The molecule has 0 saturated heterocycles. The van der Waals surface area contributed by atoms with Crippen LogP contribution >= 0.6 is 0 Å². The van der Waals surface area contributed by atoms with E-state index in [2.05, 4.69) is 10.2 Å². The van der Waals surface area contributed by atoms with Crippen molar-refractivity contribution in [3.05, 3.63) is 35.5 Å². The Morgan fingerprint density at radius 1 is 1.29 bits per heavy atom. The van der Waals surface area contributed by atoms with Crippen LogP contribution < -0.4 is 0 Å². The largest absolute Gasteiger partial charge is 0.295 e. The Morgan fingerprint density at radius 2 is 2.00 bits per heavy atom. The van der Waals surface area contributed by atoms with Gasteiger partial charge in [0.2, 0.25) is 0 Å². The predicted molar refractivity (Wildman–Crippen MR) is 63.3 cm³/mol. The average Bonchev–Trinajstić information content (AvgIpc) is 2.65. The van der Waals surface area contributed by atoms with Gasteiger partial charge in [-0.15, -0.1) is 0 Å². The van der Waals surface area contributed by atoms with Gasteiger partial charge in [0.25, 0.3) is 10.1 Å². The normalized spacial score (nSPS) is 11.7. The van der Waals surface area contributed by atoms with Crippen molar-refractivity contribution in [2.24, 2.45) is 0 Å². The standard InChI is InChI=1S/C11H12N2O3S/c1-7-5-8(2)11(17(14,15)16)9(6-7)10-3-4-12-13-10/h3-6H,1-2H3,(H,12,13)(H,14,15,16). The van der Waals surface area contributed by atoms with Crippen LogP contribution in [0.5, 0.6) is 0 Å². The lowest BCUT2D eigenvalue weighted by Crippen LogP contribution is -2.04. The van der Waals surface area contributed by atoms with E-state index < -0.39 is 10.1 Å². The maximum absolute atomic E-state index is 11.4. The van der Waals surface area contributed by atoms with Gasteiger partial charge in [0.05, 0.1) is 5.69 Å². The van der Waals surface area contributed by atoms with Crippen molar-refractivity contribution >= 4 is 10.1 Å². The molecule has 1 aromatic carbocycles. The summed E-state index contributed by atoms with van der Waals surface area (Å²) in [5.74, 6) is 0. The smallest absolute Gasteiger partial charge is 0.282 e. The fourth-order valence-corrected chi connectivity index (χ4v) is 2.82. The Labute approximate surface area is 99.2 Å². The van der Waals surface area contributed by atoms with Crippen LogP contribution in [0.25, 0.3) is 11.3 Å². The third-order valence-corrected chi connectivity index (χ3v) is 3.53. The van der Waals surface area contributed by atoms with Crippen molar-refractivity contribution in [3.63, 3.8) is 0 Å². The molecule has 0 radical (unpaired) electrons. The van der Waals surface area contributed by atoms with Gasteiger partial charge in [-0.05, 0) is 31.5 Å². The van der Waals surface area contributed by atoms with Gasteiger partial charge in [0.1, 0.15) is 4.90 Å². The van der Waals surface area contributed by atoms with Crippen LogP contribution in [0.1, 0.15) is 11.1 Å². The van der Waals surface area contributed by atoms with Crippen molar-refractivity contribution in [3.8, 4) is 11.3 Å². The molecule has 0 fully saturated rings. The van der Waals surface area contributed by atoms with Crippen LogP contribution in [0.15, 0.2) is 29.3 Å². The van der Waals surface area contributed by atoms with Crippen molar-refractivity contribution in [1.82, 2.24) is 10.2 Å². The number of nitrogens with zero attached hydrogens (tertiary/aromatic N) is 1. The summed E-state index contributed by atoms with van der Waals surface area (Å²) in [5, 5.41) is 6.47. The van der Waals surface area contributed by atoms with Gasteiger partial charge in [-0.25, -0.2) is 0 Å². The Bertz CT molecular complexity index is 646. The predicted octanol–water partition coefficient (Wildman–Crippen LogP) is 1.94. The quantitative estimate of drug-likeness (QED) is 0.800. The molecule has 2 aromatic rings. The first-order valence-corrected chi connectivity index (χ1v) is 6.42. The minimum atomic E-state index is -4.25. The number of aromatic amines is 1. The lowest BCUT2D eigenvalue weighted by molar-refractivity contribution is 0.483. The molecule has 0 bridgehead atoms. The second kappa shape index (κ2) is 3.97. The van der Waals surface area contributed by atoms with Gasteiger partial charge < -0.3 is 0 Å². The Balaban J connectivity index is 2.82. The molecule has 0 amide bonds. The third kappa shape index (κ3) is 2.22. The molecule has 1 heterocycles. The Morgan fingerprint density at radius 3 is 2.53 bits per heavy atom. The molecule has 17 heavy (non-hydrogen) atoms. The molecule has 0 saturated carbocycles. The number of hydrogen-bond acceptors (Lipinski definition) is 3. The van der Waals surface area contributed by atoms with Crippen molar-refractivity contribution in [2.75, 3.05) is 0 Å². The molecular formula is C11H12N2O3S. The van der Waals surface area contributed by atoms with Crippen LogP contribution in [0.4, 0.5) is 0 Å². The number of H-pyrrole nitrogens is 1. The summed E-state index contributed by atoms with van der Waals surface area (Å²) in [5.41, 5.74) is 2.42. The fraction of sp³-hybridized carbons (Fsp3) is 0.182. The first kappa shape index (κ1) is 11.8. The summed E-state index contributed by atoms with van der Waals surface area (Å²) in [6, 6.07) is 5.06. The number of aromatic nitrogens is 2. The summed E-state index contributed by atoms with van der Waals surface area (Å²) >= 11 is 0. The highest BCUT2D eigenvalue weighted by molar-refractivity contribution is 7.86. The van der Waals surface area contributed by atoms with E-state index in [4.69, 9.17) is 0 Å². The molecule has 0 aliphatic rings. The van der Waals surface area contributed by atoms with Crippen LogP contribution in [0.2, 0.25) is 0 Å². The molecule has 2 N–H and O–H groups in total. The number of rotatable bonds is 2. The molecule has 0 atom stereocenters. The maximum Gasteiger partial charge on any atom is 0.295 e. The van der Waals surface area contributed by atoms with E-state index in [1.807, 2.05) is 6.92 Å². The minimum Gasteiger partial charge on any atom is -0.282 e. The zero-order chi connectivity index (χ0) is 12.6. The zero-order valence-corrected chi connectivity index (χ0v) is 10.2. The third-order valence-electron chi connectivity index (χ3n) is 2.47. The van der Waals surface area contributed by atoms with Gasteiger partial charge in [0.15, 0.2) is 0 Å². The molecule has 0 aliphatic heterocycles. The molecule has 5 nitrogen and oxygen atoms in total. The molecular weight excluding hydrogens is 240 g/mol. The van der Waals surface area contributed by atoms with Crippen molar-refractivity contribution in [1.29, 1.82) is 0 Å². The monoisotopic (exact) mass is 252 g/mol. The van der Waals surface area contributed by atoms with Crippen LogP contribution in [-0.4, -0.2) is 23.2 Å². The lowest BCUT2D eigenvalue weighted by Gasteiger charge is -2.10. The molecule has 0 spiro atoms. The van der Waals surface area contributed by atoms with E-state index in [0.717, 1.165) is 5.56 Å². The summed E-state index contributed by atoms with van der Waals surface area (Å²) in [6.07, 6.45) is 1.53. The second-order valence-corrected chi connectivity index (χ2v) is 5.26. The number of nitrogens with one attached hydrogen (secondary N) is 1. The van der Waals surface area contributed by atoms with E-state index in [0.29, 0.717) is 16.8 Å². The highest BCUT2D eigenvalue weighted by Crippen LogP contribution is 2.29. The summed E-state index contributed by atoms with van der Waals surface area (Å²) in [7, 11) is -4.25. The van der Waals surface area contributed by atoms with Gasteiger partial charge in [-0.1, -0.05) is 11.6 Å². The summed E-state index contributed by atoms with van der Waals surface area (Å²) in [4.78, 5) is -0.0765. The molecule has 6 heteroatoms. The van der Waals surface area contributed by atoms with Gasteiger partial charge in [0, 0.05) is 11.8 Å². The zero-order valence-electron chi connectivity index (χ0n) is 9.43. The van der Waals surface area contributed by atoms with E-state index in [-0.39, 0.29) is 4.90 Å². The Kier molecular flexibility index (Phi) is 2.76. The molecule has 90 valence electrons. The van der Waals surface area contributed by atoms with E-state index in [1.54, 1.807) is 25.1 Å². The minimum absolute atomic E-state index is 0.0765. The number of hydrogen-bond donors (Lipinski definition) is 2. The topological polar surface area (TPSA) is 83.1 Å². The SMILES string of the molecule is Cc1cc(C)c(S(=O)(=O)O)c(-c2ccn[nH]2)c1. The number of benzene rings is 1. The van der Waals surface area contributed by atoms with E-state index in [9.17, 15) is 13.0 Å². The van der Waals surface area contributed by atoms with Gasteiger partial charge >= 0.3 is 0 Å². The van der Waals surface area contributed by atoms with E-state index >= 15 is 0 Å². The highest BCUT2D eigenvalue weighted by atomic mass is 32.2. The van der Waals surface area contributed by atoms with Gasteiger partial charge in [-0.3, -0.25) is 9.65 Å². The molecule has 1 aromatic heterocycles.